The van der Waals surface area contributed by atoms with Crippen LogP contribution in [0.4, 0.5) is 5.69 Å². The van der Waals surface area contributed by atoms with Gasteiger partial charge in [0.15, 0.2) is 0 Å². The molecule has 0 radical (unpaired) electrons. The molecule has 0 aliphatic rings. The third-order valence-electron chi connectivity index (χ3n) is 3.67. The number of carbonyl (C=O) groups is 2. The Hall–Kier alpha value is -2.82. The van der Waals surface area contributed by atoms with Crippen LogP contribution in [0.25, 0.3) is 0 Å². The average Bonchev–Trinajstić information content (AvgIpc) is 2.55. The molecule has 24 heavy (non-hydrogen) atoms. The van der Waals surface area contributed by atoms with Gasteiger partial charge in [-0.25, -0.2) is 0 Å². The Balaban J connectivity index is 2.01. The molecule has 0 heterocycles. The van der Waals surface area contributed by atoms with Crippen molar-refractivity contribution in [2.24, 2.45) is 0 Å². The van der Waals surface area contributed by atoms with E-state index >= 15 is 0 Å². The number of anilines is 1. The molecule has 126 valence electrons. The van der Waals surface area contributed by atoms with Crippen molar-refractivity contribution in [2.45, 2.75) is 20.3 Å². The molecular weight excluding hydrogens is 304 g/mol. The average molecular weight is 326 g/mol. The Morgan fingerprint density at radius 3 is 2.54 bits per heavy atom. The van der Waals surface area contributed by atoms with E-state index in [4.69, 9.17) is 4.74 Å². The van der Waals surface area contributed by atoms with Gasteiger partial charge in [0, 0.05) is 24.7 Å². The molecule has 0 spiro atoms. The van der Waals surface area contributed by atoms with E-state index in [1.165, 1.54) is 6.92 Å². The zero-order valence-electron chi connectivity index (χ0n) is 14.2. The molecule has 0 atom stereocenters. The van der Waals surface area contributed by atoms with E-state index in [9.17, 15) is 9.59 Å². The lowest BCUT2D eigenvalue weighted by Crippen LogP contribution is -2.26. The first kappa shape index (κ1) is 17.5. The maximum Gasteiger partial charge on any atom is 0.251 e. The highest BCUT2D eigenvalue weighted by Crippen LogP contribution is 2.23. The molecule has 0 aliphatic carbocycles. The molecule has 0 aromatic heterocycles. The Kier molecular flexibility index (Phi) is 5.95. The molecule has 5 heteroatoms. The maximum atomic E-state index is 12.2. The predicted molar refractivity (Wildman–Crippen MR) is 94.5 cm³/mol. The second-order valence-corrected chi connectivity index (χ2v) is 5.53. The molecule has 2 rings (SSSR count). The van der Waals surface area contributed by atoms with Gasteiger partial charge in [0.25, 0.3) is 5.91 Å². The van der Waals surface area contributed by atoms with Crippen LogP contribution in [-0.4, -0.2) is 25.5 Å². The van der Waals surface area contributed by atoms with E-state index in [1.54, 1.807) is 13.2 Å². The van der Waals surface area contributed by atoms with Gasteiger partial charge < -0.3 is 15.4 Å². The number of hydrogen-bond acceptors (Lipinski definition) is 3. The largest absolute Gasteiger partial charge is 0.496 e. The molecule has 2 amide bonds. The Morgan fingerprint density at radius 2 is 1.88 bits per heavy atom. The highest BCUT2D eigenvalue weighted by atomic mass is 16.5. The lowest BCUT2D eigenvalue weighted by molar-refractivity contribution is -0.114. The van der Waals surface area contributed by atoms with Crippen LogP contribution in [0.5, 0.6) is 5.75 Å². The van der Waals surface area contributed by atoms with Gasteiger partial charge >= 0.3 is 0 Å². The number of nitrogens with one attached hydrogen (secondary N) is 2. The van der Waals surface area contributed by atoms with Crippen molar-refractivity contribution in [1.82, 2.24) is 5.32 Å². The van der Waals surface area contributed by atoms with Gasteiger partial charge in [0.1, 0.15) is 5.75 Å². The zero-order chi connectivity index (χ0) is 17.5. The fraction of sp³-hybridized carbons (Fsp3) is 0.263. The third kappa shape index (κ3) is 4.59. The summed E-state index contributed by atoms with van der Waals surface area (Å²) in [6, 6.07) is 12.9. The number of hydrogen-bond donors (Lipinski definition) is 2. The number of carbonyl (C=O) groups excluding carboxylic acids is 2. The molecule has 2 N–H and O–H groups in total. The van der Waals surface area contributed by atoms with E-state index in [0.29, 0.717) is 24.2 Å². The summed E-state index contributed by atoms with van der Waals surface area (Å²) < 4.78 is 5.34. The van der Waals surface area contributed by atoms with Gasteiger partial charge in [-0.15, -0.1) is 0 Å². The minimum Gasteiger partial charge on any atom is -0.496 e. The van der Waals surface area contributed by atoms with Crippen molar-refractivity contribution in [2.75, 3.05) is 19.0 Å². The van der Waals surface area contributed by atoms with Crippen LogP contribution in [0.3, 0.4) is 0 Å². The lowest BCUT2D eigenvalue weighted by Gasteiger charge is -2.12. The Bertz CT molecular complexity index is 741. The minimum atomic E-state index is -0.126. The molecule has 0 bridgehead atoms. The van der Waals surface area contributed by atoms with Crippen LogP contribution in [-0.2, 0) is 11.2 Å². The van der Waals surface area contributed by atoms with Crippen LogP contribution in [0, 0.1) is 6.92 Å². The van der Waals surface area contributed by atoms with Gasteiger partial charge in [0.2, 0.25) is 5.91 Å². The minimum absolute atomic E-state index is 0.0925. The van der Waals surface area contributed by atoms with E-state index in [-0.39, 0.29) is 11.8 Å². The standard InChI is InChI=1S/C19H22N2O3/c1-13-6-4-5-7-17(13)19(23)20-11-10-15-12-16(21-14(2)22)8-9-18(15)24-3/h4-9,12H,10-11H2,1-3H3,(H,20,23)(H,21,22). The first-order valence-electron chi connectivity index (χ1n) is 7.79. The normalized spacial score (nSPS) is 10.1. The van der Waals surface area contributed by atoms with Gasteiger partial charge in [-0.3, -0.25) is 9.59 Å². The first-order valence-corrected chi connectivity index (χ1v) is 7.79. The second-order valence-electron chi connectivity index (χ2n) is 5.53. The number of benzene rings is 2. The molecule has 0 saturated carbocycles. The second kappa shape index (κ2) is 8.15. The molecule has 2 aromatic rings. The van der Waals surface area contributed by atoms with Crippen LogP contribution >= 0.6 is 0 Å². The SMILES string of the molecule is COc1ccc(NC(C)=O)cc1CCNC(=O)c1ccccc1C. The van der Waals surface area contributed by atoms with Gasteiger partial charge in [-0.1, -0.05) is 18.2 Å². The van der Waals surface area contributed by atoms with Crippen LogP contribution in [0.1, 0.15) is 28.4 Å². The summed E-state index contributed by atoms with van der Waals surface area (Å²) in [5.74, 6) is 0.512. The highest BCUT2D eigenvalue weighted by Gasteiger charge is 2.09. The fourth-order valence-corrected chi connectivity index (χ4v) is 2.49. The van der Waals surface area contributed by atoms with Crippen LogP contribution < -0.4 is 15.4 Å². The van der Waals surface area contributed by atoms with Crippen LogP contribution in [0.15, 0.2) is 42.5 Å². The Morgan fingerprint density at radius 1 is 1.12 bits per heavy atom. The quantitative estimate of drug-likeness (QED) is 0.857. The summed E-state index contributed by atoms with van der Waals surface area (Å²) in [4.78, 5) is 23.4. The summed E-state index contributed by atoms with van der Waals surface area (Å²) in [5, 5.41) is 5.67. The number of amides is 2. The third-order valence-corrected chi connectivity index (χ3v) is 3.67. The van der Waals surface area contributed by atoms with Crippen molar-refractivity contribution in [1.29, 1.82) is 0 Å². The summed E-state index contributed by atoms with van der Waals surface area (Å²) in [7, 11) is 1.60. The van der Waals surface area contributed by atoms with Crippen molar-refractivity contribution < 1.29 is 14.3 Å². The van der Waals surface area contributed by atoms with E-state index < -0.39 is 0 Å². The molecule has 0 unspecified atom stereocenters. The maximum absolute atomic E-state index is 12.2. The fourth-order valence-electron chi connectivity index (χ4n) is 2.49. The molecule has 0 aliphatic heterocycles. The molecule has 0 fully saturated rings. The Labute approximate surface area is 142 Å². The number of rotatable bonds is 6. The van der Waals surface area contributed by atoms with E-state index in [2.05, 4.69) is 10.6 Å². The van der Waals surface area contributed by atoms with Crippen LogP contribution in [0.2, 0.25) is 0 Å². The topological polar surface area (TPSA) is 67.4 Å². The van der Waals surface area contributed by atoms with Crippen molar-refractivity contribution in [3.05, 3.63) is 59.2 Å². The summed E-state index contributed by atoms with van der Waals surface area (Å²) in [6.07, 6.45) is 0.605. The molecule has 5 nitrogen and oxygen atoms in total. The smallest absolute Gasteiger partial charge is 0.251 e. The van der Waals surface area contributed by atoms with Crippen molar-refractivity contribution in [3.63, 3.8) is 0 Å². The zero-order valence-corrected chi connectivity index (χ0v) is 14.2. The monoisotopic (exact) mass is 326 g/mol. The molecule has 2 aromatic carbocycles. The number of aryl methyl sites for hydroxylation is 1. The van der Waals surface area contributed by atoms with Crippen molar-refractivity contribution in [3.8, 4) is 5.75 Å². The van der Waals surface area contributed by atoms with Gasteiger partial charge in [0.05, 0.1) is 7.11 Å². The van der Waals surface area contributed by atoms with Gasteiger partial charge in [-0.2, -0.15) is 0 Å². The summed E-state index contributed by atoms with van der Waals surface area (Å²) >= 11 is 0. The van der Waals surface area contributed by atoms with E-state index in [1.807, 2.05) is 43.3 Å². The number of methoxy groups -OCH3 is 1. The van der Waals surface area contributed by atoms with E-state index in [0.717, 1.165) is 16.9 Å². The summed E-state index contributed by atoms with van der Waals surface area (Å²) in [6.45, 7) is 3.86. The number of ether oxygens (including phenoxy) is 1. The lowest BCUT2D eigenvalue weighted by atomic mass is 10.1. The van der Waals surface area contributed by atoms with Gasteiger partial charge in [-0.05, 0) is 48.7 Å². The highest BCUT2D eigenvalue weighted by molar-refractivity contribution is 5.95. The van der Waals surface area contributed by atoms with Crippen molar-refractivity contribution >= 4 is 17.5 Å². The predicted octanol–water partition coefficient (Wildman–Crippen LogP) is 2.93. The summed E-state index contributed by atoms with van der Waals surface area (Å²) in [5.41, 5.74) is 3.26. The molecule has 0 saturated heterocycles. The molecular formula is C19H22N2O3. The first-order chi connectivity index (χ1) is 11.5.